The second-order valence-electron chi connectivity index (χ2n) is 6.25. The van der Waals surface area contributed by atoms with Crippen LogP contribution in [0.5, 0.6) is 0 Å². The summed E-state index contributed by atoms with van der Waals surface area (Å²) in [6.45, 7) is 0.663. The van der Waals surface area contributed by atoms with E-state index in [-0.39, 0.29) is 6.04 Å². The van der Waals surface area contributed by atoms with E-state index in [1.807, 2.05) is 17.5 Å². The number of H-pyrrole nitrogens is 1. The van der Waals surface area contributed by atoms with Crippen molar-refractivity contribution in [2.75, 3.05) is 0 Å². The van der Waals surface area contributed by atoms with Crippen LogP contribution in [0.1, 0.15) is 49.7 Å². The number of aromatic nitrogens is 4. The van der Waals surface area contributed by atoms with Crippen LogP contribution in [-0.2, 0) is 6.54 Å². The van der Waals surface area contributed by atoms with Gasteiger partial charge in [-0.25, -0.2) is 9.97 Å². The van der Waals surface area contributed by atoms with Gasteiger partial charge in [0.15, 0.2) is 0 Å². The Bertz CT molecular complexity index is 731. The molecule has 1 aliphatic carbocycles. The van der Waals surface area contributed by atoms with Crippen molar-refractivity contribution in [3.05, 3.63) is 41.6 Å². The van der Waals surface area contributed by atoms with Gasteiger partial charge in [0.1, 0.15) is 18.4 Å². The molecule has 0 spiro atoms. The SMILES string of the molecule is c1csc(-c2nc(CNC(c3ncn[nH]3)C3CCCCC3)co2)c1. The quantitative estimate of drug-likeness (QED) is 0.709. The maximum absolute atomic E-state index is 5.60. The normalized spacial score (nSPS) is 17.2. The molecule has 24 heavy (non-hydrogen) atoms. The van der Waals surface area contributed by atoms with Crippen LogP contribution >= 0.6 is 11.3 Å². The molecule has 1 saturated carbocycles. The summed E-state index contributed by atoms with van der Waals surface area (Å²) < 4.78 is 5.60. The van der Waals surface area contributed by atoms with E-state index < -0.39 is 0 Å². The highest BCUT2D eigenvalue weighted by Gasteiger charge is 2.27. The lowest BCUT2D eigenvalue weighted by Gasteiger charge is -2.29. The van der Waals surface area contributed by atoms with Crippen LogP contribution in [-0.4, -0.2) is 20.2 Å². The Morgan fingerprint density at radius 3 is 3.00 bits per heavy atom. The first-order chi connectivity index (χ1) is 11.9. The summed E-state index contributed by atoms with van der Waals surface area (Å²) in [5, 5.41) is 12.7. The summed E-state index contributed by atoms with van der Waals surface area (Å²) in [5.74, 6) is 2.20. The molecule has 7 heteroatoms. The van der Waals surface area contributed by atoms with Gasteiger partial charge in [0.05, 0.1) is 16.6 Å². The van der Waals surface area contributed by atoms with Crippen molar-refractivity contribution in [1.82, 2.24) is 25.5 Å². The molecule has 3 heterocycles. The Morgan fingerprint density at radius 2 is 2.25 bits per heavy atom. The van der Waals surface area contributed by atoms with Crippen molar-refractivity contribution in [2.45, 2.75) is 44.7 Å². The van der Waals surface area contributed by atoms with Gasteiger partial charge in [-0.3, -0.25) is 5.10 Å². The molecule has 0 amide bonds. The highest BCUT2D eigenvalue weighted by atomic mass is 32.1. The molecular weight excluding hydrogens is 322 g/mol. The van der Waals surface area contributed by atoms with E-state index in [4.69, 9.17) is 4.42 Å². The number of thiophene rings is 1. The molecule has 0 saturated heterocycles. The summed E-state index contributed by atoms with van der Waals surface area (Å²) >= 11 is 1.63. The van der Waals surface area contributed by atoms with Crippen LogP contribution in [0.2, 0.25) is 0 Å². The predicted octanol–water partition coefficient (Wildman–Crippen LogP) is 3.93. The van der Waals surface area contributed by atoms with Gasteiger partial charge in [-0.1, -0.05) is 25.3 Å². The summed E-state index contributed by atoms with van der Waals surface area (Å²) in [6.07, 6.45) is 9.72. The van der Waals surface area contributed by atoms with Crippen molar-refractivity contribution in [3.63, 3.8) is 0 Å². The molecule has 0 aliphatic heterocycles. The van der Waals surface area contributed by atoms with Gasteiger partial charge in [0.25, 0.3) is 0 Å². The average molecular weight is 343 g/mol. The molecule has 6 nitrogen and oxygen atoms in total. The van der Waals surface area contributed by atoms with Gasteiger partial charge in [0.2, 0.25) is 5.89 Å². The van der Waals surface area contributed by atoms with E-state index in [1.54, 1.807) is 23.9 Å². The van der Waals surface area contributed by atoms with Crippen molar-refractivity contribution < 1.29 is 4.42 Å². The molecule has 0 radical (unpaired) electrons. The summed E-state index contributed by atoms with van der Waals surface area (Å²) in [6, 6.07) is 4.22. The van der Waals surface area contributed by atoms with Crippen LogP contribution in [0.15, 0.2) is 34.5 Å². The minimum absolute atomic E-state index is 0.190. The second-order valence-corrected chi connectivity index (χ2v) is 7.20. The Balaban J connectivity index is 1.45. The van der Waals surface area contributed by atoms with E-state index in [1.165, 1.54) is 32.1 Å². The number of rotatable bonds is 6. The predicted molar refractivity (Wildman–Crippen MR) is 92.4 cm³/mol. The van der Waals surface area contributed by atoms with Gasteiger partial charge in [-0.15, -0.1) is 11.3 Å². The van der Waals surface area contributed by atoms with Crippen molar-refractivity contribution >= 4 is 11.3 Å². The highest BCUT2D eigenvalue weighted by Crippen LogP contribution is 2.33. The van der Waals surface area contributed by atoms with Gasteiger partial charge in [0, 0.05) is 6.54 Å². The average Bonchev–Trinajstić information content (AvgIpc) is 3.38. The molecule has 1 fully saturated rings. The first-order valence-corrected chi connectivity index (χ1v) is 9.35. The fraction of sp³-hybridized carbons (Fsp3) is 0.471. The first kappa shape index (κ1) is 15.5. The number of hydrogen-bond donors (Lipinski definition) is 2. The van der Waals surface area contributed by atoms with Crippen molar-refractivity contribution in [3.8, 4) is 10.8 Å². The van der Waals surface area contributed by atoms with Gasteiger partial charge < -0.3 is 9.73 Å². The number of aromatic amines is 1. The summed E-state index contributed by atoms with van der Waals surface area (Å²) in [7, 11) is 0. The van der Waals surface area contributed by atoms with E-state index in [2.05, 4.69) is 25.5 Å². The van der Waals surface area contributed by atoms with E-state index in [9.17, 15) is 0 Å². The third-order valence-electron chi connectivity index (χ3n) is 4.64. The number of oxazole rings is 1. The second kappa shape index (κ2) is 7.27. The van der Waals surface area contributed by atoms with Gasteiger partial charge >= 0.3 is 0 Å². The Hall–Kier alpha value is -1.99. The third-order valence-corrected chi connectivity index (χ3v) is 5.49. The summed E-state index contributed by atoms with van der Waals surface area (Å²) in [4.78, 5) is 10.0. The third kappa shape index (κ3) is 3.42. The molecule has 0 aromatic carbocycles. The zero-order valence-electron chi connectivity index (χ0n) is 13.4. The van der Waals surface area contributed by atoms with Crippen LogP contribution in [0, 0.1) is 5.92 Å². The fourth-order valence-electron chi connectivity index (χ4n) is 3.43. The van der Waals surface area contributed by atoms with Crippen molar-refractivity contribution in [1.29, 1.82) is 0 Å². The molecule has 126 valence electrons. The number of nitrogens with one attached hydrogen (secondary N) is 2. The molecule has 1 unspecified atom stereocenters. The summed E-state index contributed by atoms with van der Waals surface area (Å²) in [5.41, 5.74) is 0.915. The minimum atomic E-state index is 0.190. The lowest BCUT2D eigenvalue weighted by Crippen LogP contribution is -2.30. The Kier molecular flexibility index (Phi) is 4.71. The van der Waals surface area contributed by atoms with Gasteiger partial charge in [-0.2, -0.15) is 5.10 Å². The largest absolute Gasteiger partial charge is 0.444 e. The molecule has 1 aliphatic rings. The standard InChI is InChI=1S/C17H21N5OS/c1-2-5-12(6-3-1)15(16-19-11-20-22-16)18-9-13-10-23-17(21-13)14-7-4-8-24-14/h4,7-8,10-12,15,18H,1-3,5-6,9H2,(H,19,20,22). The lowest BCUT2D eigenvalue weighted by molar-refractivity contribution is 0.262. The van der Waals surface area contributed by atoms with Crippen LogP contribution in [0.25, 0.3) is 10.8 Å². The first-order valence-electron chi connectivity index (χ1n) is 8.47. The molecule has 2 N–H and O–H groups in total. The minimum Gasteiger partial charge on any atom is -0.444 e. The Morgan fingerprint density at radius 1 is 1.33 bits per heavy atom. The molecule has 3 aromatic rings. The highest BCUT2D eigenvalue weighted by molar-refractivity contribution is 7.13. The zero-order valence-corrected chi connectivity index (χ0v) is 14.3. The molecule has 0 bridgehead atoms. The molecule has 1 atom stereocenters. The molecular formula is C17H21N5OS. The maximum atomic E-state index is 5.60. The van der Waals surface area contributed by atoms with Crippen molar-refractivity contribution in [2.24, 2.45) is 5.92 Å². The fourth-order valence-corrected chi connectivity index (χ4v) is 4.09. The zero-order chi connectivity index (χ0) is 16.2. The van der Waals surface area contributed by atoms with E-state index in [0.29, 0.717) is 18.4 Å². The smallest absolute Gasteiger partial charge is 0.236 e. The maximum Gasteiger partial charge on any atom is 0.236 e. The lowest BCUT2D eigenvalue weighted by atomic mass is 9.83. The molecule has 4 rings (SSSR count). The van der Waals surface area contributed by atoms with E-state index in [0.717, 1.165) is 16.4 Å². The Labute approximate surface area is 144 Å². The number of nitrogens with zero attached hydrogens (tertiary/aromatic N) is 3. The van der Waals surface area contributed by atoms with Gasteiger partial charge in [-0.05, 0) is 30.2 Å². The monoisotopic (exact) mass is 343 g/mol. The van der Waals surface area contributed by atoms with E-state index >= 15 is 0 Å². The van der Waals surface area contributed by atoms with Crippen LogP contribution in [0.3, 0.4) is 0 Å². The van der Waals surface area contributed by atoms with Crippen LogP contribution < -0.4 is 5.32 Å². The molecule has 3 aromatic heterocycles. The number of hydrogen-bond acceptors (Lipinski definition) is 6. The topological polar surface area (TPSA) is 79.6 Å². The van der Waals surface area contributed by atoms with Crippen LogP contribution in [0.4, 0.5) is 0 Å².